The predicted octanol–water partition coefficient (Wildman–Crippen LogP) is 3.67. The molecule has 100 valence electrons. The molecule has 2 rings (SSSR count). The van der Waals surface area contributed by atoms with E-state index in [4.69, 9.17) is 0 Å². The number of carbonyl (C=O) groups is 1. The van der Waals surface area contributed by atoms with Gasteiger partial charge in [0, 0.05) is 10.9 Å². The van der Waals surface area contributed by atoms with Gasteiger partial charge in [0.25, 0.3) is 0 Å². The predicted molar refractivity (Wildman–Crippen MR) is 83.7 cm³/mol. The maximum Gasteiger partial charge on any atom is 0.224 e. The van der Waals surface area contributed by atoms with Gasteiger partial charge in [0.2, 0.25) is 5.91 Å². The third kappa shape index (κ3) is 3.80. The van der Waals surface area contributed by atoms with Crippen LogP contribution in [0.1, 0.15) is 19.4 Å². The smallest absolute Gasteiger partial charge is 0.224 e. The van der Waals surface area contributed by atoms with Crippen molar-refractivity contribution < 1.29 is 4.79 Å². The Morgan fingerprint density at radius 2 is 1.84 bits per heavy atom. The summed E-state index contributed by atoms with van der Waals surface area (Å²) in [6.45, 7) is 4.00. The van der Waals surface area contributed by atoms with E-state index in [0.717, 1.165) is 10.9 Å². The van der Waals surface area contributed by atoms with Gasteiger partial charge in [-0.3, -0.25) is 4.79 Å². The Labute approximate surface area is 122 Å². The van der Waals surface area contributed by atoms with Gasteiger partial charge in [-0.1, -0.05) is 58.4 Å². The lowest BCUT2D eigenvalue weighted by Gasteiger charge is -2.23. The van der Waals surface area contributed by atoms with Crippen LogP contribution in [0.4, 0.5) is 0 Å². The number of nitrogens with one attached hydrogen (secondary N) is 1. The van der Waals surface area contributed by atoms with Gasteiger partial charge in [-0.15, -0.1) is 0 Å². The van der Waals surface area contributed by atoms with Crippen molar-refractivity contribution in [2.75, 3.05) is 5.33 Å². The van der Waals surface area contributed by atoms with Crippen molar-refractivity contribution in [3.05, 3.63) is 48.0 Å². The highest BCUT2D eigenvalue weighted by Gasteiger charge is 2.18. The van der Waals surface area contributed by atoms with Gasteiger partial charge in [0.05, 0.1) is 6.42 Å². The van der Waals surface area contributed by atoms with Crippen LogP contribution >= 0.6 is 15.9 Å². The molecule has 0 aliphatic carbocycles. The standard InChI is InChI=1S/C16H18BrNO/c1-16(2,11-17)18-15(19)10-12-7-8-13-5-3-4-6-14(13)9-12/h3-9H,10-11H2,1-2H3,(H,18,19). The molecular formula is C16H18BrNO. The molecule has 0 fully saturated rings. The highest BCUT2D eigenvalue weighted by atomic mass is 79.9. The third-order valence-corrected chi connectivity index (χ3v) is 4.39. The van der Waals surface area contributed by atoms with E-state index < -0.39 is 0 Å². The Balaban J connectivity index is 2.11. The Morgan fingerprint density at radius 1 is 1.16 bits per heavy atom. The summed E-state index contributed by atoms with van der Waals surface area (Å²) < 4.78 is 0. The van der Waals surface area contributed by atoms with Gasteiger partial charge in [0.15, 0.2) is 0 Å². The van der Waals surface area contributed by atoms with Crippen molar-refractivity contribution >= 4 is 32.6 Å². The number of benzene rings is 2. The average molecular weight is 320 g/mol. The van der Waals surface area contributed by atoms with Crippen molar-refractivity contribution in [1.29, 1.82) is 0 Å². The van der Waals surface area contributed by atoms with Crippen LogP contribution in [0.5, 0.6) is 0 Å². The molecule has 2 nitrogen and oxygen atoms in total. The second kappa shape index (κ2) is 5.74. The number of rotatable bonds is 4. The Morgan fingerprint density at radius 3 is 2.53 bits per heavy atom. The first-order valence-corrected chi connectivity index (χ1v) is 7.47. The van der Waals surface area contributed by atoms with Gasteiger partial charge in [-0.25, -0.2) is 0 Å². The molecule has 0 radical (unpaired) electrons. The number of hydrogen-bond acceptors (Lipinski definition) is 1. The molecule has 0 spiro atoms. The zero-order valence-electron chi connectivity index (χ0n) is 11.2. The lowest BCUT2D eigenvalue weighted by atomic mass is 10.0. The lowest BCUT2D eigenvalue weighted by molar-refractivity contribution is -0.121. The average Bonchev–Trinajstić information content (AvgIpc) is 2.38. The zero-order valence-corrected chi connectivity index (χ0v) is 12.8. The molecule has 1 amide bonds. The fourth-order valence-electron chi connectivity index (χ4n) is 1.99. The third-order valence-electron chi connectivity index (χ3n) is 2.99. The van der Waals surface area contributed by atoms with E-state index in [9.17, 15) is 4.79 Å². The number of halogens is 1. The number of alkyl halides is 1. The molecule has 2 aromatic carbocycles. The van der Waals surface area contributed by atoms with Crippen LogP contribution < -0.4 is 5.32 Å². The summed E-state index contributed by atoms with van der Waals surface area (Å²) in [5.41, 5.74) is 0.829. The molecule has 0 bridgehead atoms. The summed E-state index contributed by atoms with van der Waals surface area (Å²) in [4.78, 5) is 12.0. The topological polar surface area (TPSA) is 29.1 Å². The molecule has 0 aromatic heterocycles. The fourth-order valence-corrected chi connectivity index (χ4v) is 2.13. The summed E-state index contributed by atoms with van der Waals surface area (Å²) >= 11 is 3.40. The van der Waals surface area contributed by atoms with Crippen LogP contribution in [0, 0.1) is 0 Å². The highest BCUT2D eigenvalue weighted by molar-refractivity contribution is 9.09. The second-order valence-corrected chi connectivity index (χ2v) is 5.98. The van der Waals surface area contributed by atoms with Crippen molar-refractivity contribution in [3.8, 4) is 0 Å². The summed E-state index contributed by atoms with van der Waals surface area (Å²) in [5.74, 6) is 0.0553. The number of amides is 1. The minimum atomic E-state index is -0.214. The van der Waals surface area contributed by atoms with Gasteiger partial charge >= 0.3 is 0 Å². The van der Waals surface area contributed by atoms with Gasteiger partial charge in [-0.2, -0.15) is 0 Å². The van der Waals surface area contributed by atoms with Crippen LogP contribution in [-0.2, 0) is 11.2 Å². The Kier molecular flexibility index (Phi) is 4.25. The molecule has 0 aliphatic heterocycles. The van der Waals surface area contributed by atoms with Crippen molar-refractivity contribution in [1.82, 2.24) is 5.32 Å². The van der Waals surface area contributed by atoms with Crippen LogP contribution in [0.2, 0.25) is 0 Å². The molecule has 3 heteroatoms. The van der Waals surface area contributed by atoms with Crippen molar-refractivity contribution in [2.24, 2.45) is 0 Å². The molecule has 2 aromatic rings. The van der Waals surface area contributed by atoms with Crippen LogP contribution in [0.15, 0.2) is 42.5 Å². The largest absolute Gasteiger partial charge is 0.350 e. The van der Waals surface area contributed by atoms with E-state index in [1.165, 1.54) is 10.8 Å². The van der Waals surface area contributed by atoms with E-state index in [1.54, 1.807) is 0 Å². The van der Waals surface area contributed by atoms with Crippen molar-refractivity contribution in [3.63, 3.8) is 0 Å². The number of hydrogen-bond donors (Lipinski definition) is 1. The quantitative estimate of drug-likeness (QED) is 0.856. The lowest BCUT2D eigenvalue weighted by Crippen LogP contribution is -2.45. The first-order chi connectivity index (χ1) is 9.00. The summed E-state index contributed by atoms with van der Waals surface area (Å²) in [5, 5.41) is 6.13. The zero-order chi connectivity index (χ0) is 13.9. The van der Waals surface area contributed by atoms with Crippen LogP contribution in [0.25, 0.3) is 10.8 Å². The first-order valence-electron chi connectivity index (χ1n) is 6.35. The van der Waals surface area contributed by atoms with Gasteiger partial charge < -0.3 is 5.32 Å². The highest BCUT2D eigenvalue weighted by Crippen LogP contribution is 2.16. The number of carbonyl (C=O) groups excluding carboxylic acids is 1. The van der Waals surface area contributed by atoms with E-state index in [-0.39, 0.29) is 11.4 Å². The summed E-state index contributed by atoms with van der Waals surface area (Å²) in [7, 11) is 0. The molecule has 19 heavy (non-hydrogen) atoms. The molecule has 0 saturated heterocycles. The van der Waals surface area contributed by atoms with Crippen molar-refractivity contribution in [2.45, 2.75) is 25.8 Å². The van der Waals surface area contributed by atoms with Gasteiger partial charge in [-0.05, 0) is 30.2 Å². The first kappa shape index (κ1) is 14.1. The van der Waals surface area contributed by atoms with E-state index in [0.29, 0.717) is 6.42 Å². The normalized spacial score (nSPS) is 11.5. The van der Waals surface area contributed by atoms with Crippen LogP contribution in [0.3, 0.4) is 0 Å². The summed E-state index contributed by atoms with van der Waals surface area (Å²) in [6, 6.07) is 14.3. The fraction of sp³-hybridized carbons (Fsp3) is 0.312. The monoisotopic (exact) mass is 319 g/mol. The molecular weight excluding hydrogens is 302 g/mol. The van der Waals surface area contributed by atoms with E-state index in [1.807, 2.05) is 32.0 Å². The SMILES string of the molecule is CC(C)(CBr)NC(=O)Cc1ccc2ccccc2c1. The molecule has 0 unspecified atom stereocenters. The molecule has 0 atom stereocenters. The second-order valence-electron chi connectivity index (χ2n) is 5.42. The molecule has 1 N–H and O–H groups in total. The Hall–Kier alpha value is -1.35. The number of fused-ring (bicyclic) bond motifs is 1. The Bertz CT molecular complexity index is 592. The molecule has 0 aliphatic rings. The van der Waals surface area contributed by atoms with Gasteiger partial charge in [0.1, 0.15) is 0 Å². The maximum absolute atomic E-state index is 12.0. The van der Waals surface area contributed by atoms with E-state index in [2.05, 4.69) is 45.5 Å². The summed E-state index contributed by atoms with van der Waals surface area (Å²) in [6.07, 6.45) is 0.418. The van der Waals surface area contributed by atoms with Crippen LogP contribution in [-0.4, -0.2) is 16.8 Å². The minimum Gasteiger partial charge on any atom is -0.350 e. The maximum atomic E-state index is 12.0. The molecule has 0 heterocycles. The molecule has 0 saturated carbocycles. The van der Waals surface area contributed by atoms with E-state index >= 15 is 0 Å². The minimum absolute atomic E-state index is 0.0553.